The first-order valence-electron chi connectivity index (χ1n) is 5.33. The molecule has 5 nitrogen and oxygen atoms in total. The zero-order valence-electron chi connectivity index (χ0n) is 9.70. The maximum absolute atomic E-state index is 12.4. The van der Waals surface area contributed by atoms with Crippen molar-refractivity contribution in [3.63, 3.8) is 0 Å². The number of carbonyl (C=O) groups excluding carboxylic acids is 1. The van der Waals surface area contributed by atoms with E-state index in [1.54, 1.807) is 0 Å². The smallest absolute Gasteiger partial charge is 0.417 e. The van der Waals surface area contributed by atoms with Crippen molar-refractivity contribution in [2.45, 2.75) is 19.0 Å². The summed E-state index contributed by atoms with van der Waals surface area (Å²) in [4.78, 5) is 25.1. The molecule has 0 saturated heterocycles. The van der Waals surface area contributed by atoms with Gasteiger partial charge in [-0.3, -0.25) is 14.6 Å². The highest BCUT2D eigenvalue weighted by Crippen LogP contribution is 2.28. The number of rotatable bonds is 5. The van der Waals surface area contributed by atoms with Crippen LogP contribution >= 0.6 is 0 Å². The molecule has 104 valence electrons. The Labute approximate surface area is 106 Å². The van der Waals surface area contributed by atoms with E-state index in [0.717, 1.165) is 6.20 Å². The number of carbonyl (C=O) groups is 2. The van der Waals surface area contributed by atoms with Crippen LogP contribution in [0.3, 0.4) is 0 Å². The molecule has 0 atom stereocenters. The number of amides is 1. The molecule has 1 rings (SSSR count). The number of carboxylic acids is 1. The van der Waals surface area contributed by atoms with Gasteiger partial charge >= 0.3 is 12.1 Å². The third-order valence-corrected chi connectivity index (χ3v) is 2.18. The van der Waals surface area contributed by atoms with Crippen molar-refractivity contribution in [2.24, 2.45) is 0 Å². The van der Waals surface area contributed by atoms with Crippen molar-refractivity contribution in [2.75, 3.05) is 6.54 Å². The molecule has 1 aromatic heterocycles. The molecule has 0 radical (unpaired) electrons. The van der Waals surface area contributed by atoms with Gasteiger partial charge in [0.25, 0.3) is 5.91 Å². The van der Waals surface area contributed by atoms with E-state index < -0.39 is 23.6 Å². The number of aliphatic carboxylic acids is 1. The second kappa shape index (κ2) is 6.17. The minimum Gasteiger partial charge on any atom is -0.481 e. The summed E-state index contributed by atoms with van der Waals surface area (Å²) in [5, 5.41) is 10.7. The lowest BCUT2D eigenvalue weighted by molar-refractivity contribution is -0.138. The number of pyridine rings is 1. The fraction of sp³-hybridized carbons (Fsp3) is 0.364. The number of halogens is 3. The molecule has 1 heterocycles. The molecule has 0 bridgehead atoms. The molecule has 19 heavy (non-hydrogen) atoms. The third-order valence-electron chi connectivity index (χ3n) is 2.18. The van der Waals surface area contributed by atoms with Gasteiger partial charge in [0.05, 0.1) is 11.1 Å². The molecular formula is C11H11F3N2O3. The summed E-state index contributed by atoms with van der Waals surface area (Å²) in [5.74, 6) is -1.72. The maximum Gasteiger partial charge on any atom is 0.417 e. The van der Waals surface area contributed by atoms with Crippen LogP contribution in [0.2, 0.25) is 0 Å². The first-order chi connectivity index (χ1) is 8.80. The van der Waals surface area contributed by atoms with Gasteiger partial charge in [-0.25, -0.2) is 0 Å². The number of hydrogen-bond acceptors (Lipinski definition) is 3. The second-order valence-corrected chi connectivity index (χ2v) is 3.71. The monoisotopic (exact) mass is 276 g/mol. The Kier molecular flexibility index (Phi) is 4.85. The fourth-order valence-corrected chi connectivity index (χ4v) is 1.26. The van der Waals surface area contributed by atoms with Crippen molar-refractivity contribution in [1.82, 2.24) is 10.3 Å². The average molecular weight is 276 g/mol. The van der Waals surface area contributed by atoms with Gasteiger partial charge in [0.15, 0.2) is 0 Å². The van der Waals surface area contributed by atoms with Gasteiger partial charge in [0, 0.05) is 25.4 Å². The quantitative estimate of drug-likeness (QED) is 0.802. The van der Waals surface area contributed by atoms with Gasteiger partial charge in [0.2, 0.25) is 0 Å². The number of aromatic nitrogens is 1. The van der Waals surface area contributed by atoms with Gasteiger partial charge in [-0.15, -0.1) is 0 Å². The van der Waals surface area contributed by atoms with E-state index in [4.69, 9.17) is 5.11 Å². The Morgan fingerprint density at radius 1 is 1.32 bits per heavy atom. The predicted octanol–water partition coefficient (Wildman–Crippen LogP) is 1.70. The number of nitrogens with zero attached hydrogens (tertiary/aromatic N) is 1. The minimum absolute atomic E-state index is 0.0708. The molecule has 0 spiro atoms. The van der Waals surface area contributed by atoms with Crippen LogP contribution in [0.5, 0.6) is 0 Å². The van der Waals surface area contributed by atoms with E-state index in [1.165, 1.54) is 0 Å². The van der Waals surface area contributed by atoms with E-state index >= 15 is 0 Å². The Morgan fingerprint density at radius 2 is 2.00 bits per heavy atom. The van der Waals surface area contributed by atoms with Gasteiger partial charge in [-0.2, -0.15) is 13.2 Å². The molecule has 8 heteroatoms. The van der Waals surface area contributed by atoms with Crippen molar-refractivity contribution in [1.29, 1.82) is 0 Å². The van der Waals surface area contributed by atoms with Crippen molar-refractivity contribution in [3.05, 3.63) is 29.6 Å². The lowest BCUT2D eigenvalue weighted by Gasteiger charge is -2.08. The van der Waals surface area contributed by atoms with E-state index in [1.807, 2.05) is 0 Å². The van der Waals surface area contributed by atoms with Crippen LogP contribution in [0.1, 0.15) is 28.8 Å². The Bertz CT molecular complexity index is 474. The maximum atomic E-state index is 12.4. The molecule has 0 aliphatic rings. The first-order valence-corrected chi connectivity index (χ1v) is 5.33. The molecule has 0 fully saturated rings. The largest absolute Gasteiger partial charge is 0.481 e. The predicted molar refractivity (Wildman–Crippen MR) is 58.4 cm³/mol. The summed E-state index contributed by atoms with van der Waals surface area (Å²) >= 11 is 0. The van der Waals surface area contributed by atoms with Gasteiger partial charge in [-0.05, 0) is 12.5 Å². The summed E-state index contributed by atoms with van der Waals surface area (Å²) in [7, 11) is 0. The van der Waals surface area contributed by atoms with Crippen LogP contribution in [0, 0.1) is 0 Å². The van der Waals surface area contributed by atoms with Crippen LogP contribution in [0.25, 0.3) is 0 Å². The van der Waals surface area contributed by atoms with Gasteiger partial charge in [0.1, 0.15) is 0 Å². The van der Waals surface area contributed by atoms with Gasteiger partial charge < -0.3 is 10.4 Å². The Morgan fingerprint density at radius 3 is 2.58 bits per heavy atom. The van der Waals surface area contributed by atoms with Crippen LogP contribution in [-0.4, -0.2) is 28.5 Å². The Balaban J connectivity index is 2.60. The van der Waals surface area contributed by atoms with Crippen LogP contribution < -0.4 is 5.32 Å². The van der Waals surface area contributed by atoms with Crippen molar-refractivity contribution >= 4 is 11.9 Å². The molecular weight excluding hydrogens is 265 g/mol. The van der Waals surface area contributed by atoms with Crippen molar-refractivity contribution in [3.8, 4) is 0 Å². The standard InChI is InChI=1S/C11H11F3N2O3/c12-11(13,14)8-4-7(5-15-6-8)10(19)16-3-1-2-9(17)18/h4-6H,1-3H2,(H,16,19)(H,17,18). The third kappa shape index (κ3) is 4.94. The van der Waals surface area contributed by atoms with Crippen LogP contribution in [0.15, 0.2) is 18.5 Å². The normalized spacial score (nSPS) is 11.1. The van der Waals surface area contributed by atoms with Crippen molar-refractivity contribution < 1.29 is 27.9 Å². The highest BCUT2D eigenvalue weighted by Gasteiger charge is 2.31. The van der Waals surface area contributed by atoms with E-state index in [2.05, 4.69) is 10.3 Å². The lowest BCUT2D eigenvalue weighted by atomic mass is 10.2. The first kappa shape index (κ1) is 14.9. The number of carboxylic acid groups (broad SMARTS) is 1. The lowest BCUT2D eigenvalue weighted by Crippen LogP contribution is -2.25. The highest BCUT2D eigenvalue weighted by molar-refractivity contribution is 5.94. The van der Waals surface area contributed by atoms with Crippen LogP contribution in [-0.2, 0) is 11.0 Å². The number of alkyl halides is 3. The minimum atomic E-state index is -4.56. The van der Waals surface area contributed by atoms with E-state index in [-0.39, 0.29) is 24.9 Å². The SMILES string of the molecule is O=C(O)CCCNC(=O)c1cncc(C(F)(F)F)c1. The molecule has 1 aromatic rings. The zero-order valence-corrected chi connectivity index (χ0v) is 9.70. The summed E-state index contributed by atoms with van der Waals surface area (Å²) < 4.78 is 37.2. The van der Waals surface area contributed by atoms with E-state index in [9.17, 15) is 22.8 Å². The average Bonchev–Trinajstić information content (AvgIpc) is 2.33. The molecule has 2 N–H and O–H groups in total. The highest BCUT2D eigenvalue weighted by atomic mass is 19.4. The summed E-state index contributed by atoms with van der Waals surface area (Å²) in [6.45, 7) is 0.0708. The molecule has 0 aromatic carbocycles. The number of hydrogen-bond donors (Lipinski definition) is 2. The van der Waals surface area contributed by atoms with E-state index in [0.29, 0.717) is 12.3 Å². The number of nitrogens with one attached hydrogen (secondary N) is 1. The molecule has 0 saturated carbocycles. The van der Waals surface area contributed by atoms with Gasteiger partial charge in [-0.1, -0.05) is 0 Å². The Hall–Kier alpha value is -2.12. The molecule has 0 unspecified atom stereocenters. The second-order valence-electron chi connectivity index (χ2n) is 3.71. The summed E-state index contributed by atoms with van der Waals surface area (Å²) in [5.41, 5.74) is -1.23. The summed E-state index contributed by atoms with van der Waals surface area (Å²) in [6, 6.07) is 0.694. The molecule has 1 amide bonds. The molecule has 0 aliphatic heterocycles. The topological polar surface area (TPSA) is 79.3 Å². The summed E-state index contributed by atoms with van der Waals surface area (Å²) in [6.07, 6.45) is -2.84. The fourth-order valence-electron chi connectivity index (χ4n) is 1.26. The van der Waals surface area contributed by atoms with Crippen LogP contribution in [0.4, 0.5) is 13.2 Å². The zero-order chi connectivity index (χ0) is 14.5. The molecule has 0 aliphatic carbocycles.